The Bertz CT molecular complexity index is 1330. The number of carbonyl (C=O) groups is 1. The molecule has 0 saturated carbocycles. The third-order valence-electron chi connectivity index (χ3n) is 5.83. The fourth-order valence-electron chi connectivity index (χ4n) is 4.16. The summed E-state index contributed by atoms with van der Waals surface area (Å²) in [6, 6.07) is 9.35. The van der Waals surface area contributed by atoms with Crippen molar-refractivity contribution in [2.45, 2.75) is 32.0 Å². The molecule has 10 heteroatoms. The number of alkyl halides is 3. The van der Waals surface area contributed by atoms with Crippen molar-refractivity contribution in [3.05, 3.63) is 93.3 Å². The first kappa shape index (κ1) is 25.6. The molecule has 1 aliphatic carbocycles. The Morgan fingerprint density at radius 2 is 1.75 bits per heavy atom. The van der Waals surface area contributed by atoms with Crippen molar-refractivity contribution < 1.29 is 36.2 Å². The van der Waals surface area contributed by atoms with E-state index in [-0.39, 0.29) is 12.2 Å². The van der Waals surface area contributed by atoms with Gasteiger partial charge in [0.15, 0.2) is 5.69 Å². The Morgan fingerprint density at radius 3 is 2.42 bits per heavy atom. The highest BCUT2D eigenvalue weighted by Gasteiger charge is 2.38. The summed E-state index contributed by atoms with van der Waals surface area (Å²) in [5, 5.41) is 0.369. The lowest BCUT2D eigenvalue weighted by molar-refractivity contribution is -0.141. The topological polar surface area (TPSA) is 48.4 Å². The van der Waals surface area contributed by atoms with Crippen molar-refractivity contribution in [2.75, 3.05) is 7.11 Å². The maximum absolute atomic E-state index is 14.1. The van der Waals surface area contributed by atoms with Crippen LogP contribution in [0.1, 0.15) is 52.0 Å². The van der Waals surface area contributed by atoms with E-state index in [9.17, 15) is 26.7 Å². The van der Waals surface area contributed by atoms with E-state index in [2.05, 4.69) is 9.72 Å². The summed E-state index contributed by atoms with van der Waals surface area (Å²) in [5.41, 5.74) is -0.0397. The van der Waals surface area contributed by atoms with Gasteiger partial charge in [-0.2, -0.15) is 13.2 Å². The van der Waals surface area contributed by atoms with Gasteiger partial charge in [0.1, 0.15) is 24.0 Å². The molecule has 2 aromatic carbocycles. The molecule has 0 aliphatic heterocycles. The molecular formula is C26H19ClF5NO3. The SMILES string of the molecule is COC(=O)c1cc(C2=C(c3cc(Cl)ccc3OCc3c(F)cccc3F)CCC2)cnc1C(F)(F)F. The monoisotopic (exact) mass is 523 g/mol. The molecule has 0 N–H and O–H groups in total. The van der Waals surface area contributed by atoms with Crippen LogP contribution in [0.25, 0.3) is 11.1 Å². The lowest BCUT2D eigenvalue weighted by Gasteiger charge is -2.16. The molecule has 0 saturated heterocycles. The number of allylic oxidation sites excluding steroid dienone is 2. The minimum Gasteiger partial charge on any atom is -0.488 e. The van der Waals surface area contributed by atoms with Crippen LogP contribution in [0.3, 0.4) is 0 Å². The number of hydrogen-bond donors (Lipinski definition) is 0. The standard InChI is InChI=1S/C26H19ClF5NO3/c1-35-25(34)19-10-14(12-33-24(19)26(30,31)32)16-4-2-5-17(16)18-11-15(27)8-9-23(18)36-13-20-21(28)6-3-7-22(20)29/h3,6-12H,2,4-5,13H2,1H3. The Morgan fingerprint density at radius 1 is 1.06 bits per heavy atom. The number of aromatic nitrogens is 1. The van der Waals surface area contributed by atoms with Crippen LogP contribution in [-0.2, 0) is 17.5 Å². The first-order valence-corrected chi connectivity index (χ1v) is 11.2. The van der Waals surface area contributed by atoms with Gasteiger partial charge in [0.2, 0.25) is 0 Å². The molecule has 36 heavy (non-hydrogen) atoms. The highest BCUT2D eigenvalue weighted by Crippen LogP contribution is 2.44. The third kappa shape index (κ3) is 5.21. The largest absolute Gasteiger partial charge is 0.488 e. The summed E-state index contributed by atoms with van der Waals surface area (Å²) >= 11 is 6.22. The molecule has 1 heterocycles. The van der Waals surface area contributed by atoms with Gasteiger partial charge in [-0.3, -0.25) is 4.98 Å². The molecule has 0 spiro atoms. The van der Waals surface area contributed by atoms with Crippen LogP contribution >= 0.6 is 11.6 Å². The average Bonchev–Trinajstić information content (AvgIpc) is 3.33. The molecule has 0 unspecified atom stereocenters. The number of ether oxygens (including phenoxy) is 2. The number of esters is 1. The normalized spacial score (nSPS) is 13.8. The van der Waals surface area contributed by atoms with E-state index >= 15 is 0 Å². The van der Waals surface area contributed by atoms with Gasteiger partial charge in [0.05, 0.1) is 18.2 Å². The minimum atomic E-state index is -4.84. The van der Waals surface area contributed by atoms with Crippen molar-refractivity contribution in [3.8, 4) is 5.75 Å². The van der Waals surface area contributed by atoms with Crippen LogP contribution in [0.4, 0.5) is 22.0 Å². The molecular weight excluding hydrogens is 505 g/mol. The zero-order valence-electron chi connectivity index (χ0n) is 18.9. The number of carbonyl (C=O) groups excluding carboxylic acids is 1. The van der Waals surface area contributed by atoms with Crippen LogP contribution < -0.4 is 4.74 Å². The number of hydrogen-bond acceptors (Lipinski definition) is 4. The van der Waals surface area contributed by atoms with Gasteiger partial charge < -0.3 is 9.47 Å². The second kappa shape index (κ2) is 10.3. The molecule has 1 aliphatic rings. The molecule has 3 aromatic rings. The van der Waals surface area contributed by atoms with Gasteiger partial charge in [-0.05, 0) is 72.4 Å². The quantitative estimate of drug-likeness (QED) is 0.248. The molecule has 4 nitrogen and oxygen atoms in total. The number of rotatable bonds is 6. The van der Waals surface area contributed by atoms with E-state index in [1.165, 1.54) is 6.07 Å². The zero-order valence-corrected chi connectivity index (χ0v) is 19.6. The summed E-state index contributed by atoms with van der Waals surface area (Å²) in [7, 11) is 0.989. The smallest absolute Gasteiger partial charge is 0.434 e. The van der Waals surface area contributed by atoms with Gasteiger partial charge >= 0.3 is 12.1 Å². The molecule has 188 valence electrons. The second-order valence-electron chi connectivity index (χ2n) is 8.05. The van der Waals surface area contributed by atoms with Crippen molar-refractivity contribution in [3.63, 3.8) is 0 Å². The van der Waals surface area contributed by atoms with Crippen molar-refractivity contribution in [1.29, 1.82) is 0 Å². The van der Waals surface area contributed by atoms with Gasteiger partial charge in [0, 0.05) is 16.8 Å². The molecule has 0 atom stereocenters. The van der Waals surface area contributed by atoms with Crippen molar-refractivity contribution in [2.24, 2.45) is 0 Å². The number of methoxy groups -OCH3 is 1. The van der Waals surface area contributed by atoms with Gasteiger partial charge in [-0.15, -0.1) is 0 Å². The summed E-state index contributed by atoms with van der Waals surface area (Å²) < 4.78 is 78.7. The minimum absolute atomic E-state index is 0.242. The van der Waals surface area contributed by atoms with E-state index in [1.54, 1.807) is 18.2 Å². The summed E-state index contributed by atoms with van der Waals surface area (Å²) in [6.07, 6.45) is -2.07. The van der Waals surface area contributed by atoms with Crippen LogP contribution in [0.15, 0.2) is 48.7 Å². The third-order valence-corrected chi connectivity index (χ3v) is 6.06. The van der Waals surface area contributed by atoms with E-state index in [0.29, 0.717) is 46.7 Å². The van der Waals surface area contributed by atoms with Crippen LogP contribution in [-0.4, -0.2) is 18.1 Å². The fraction of sp³-hybridized carbons (Fsp3) is 0.231. The van der Waals surface area contributed by atoms with E-state index in [1.807, 2.05) is 0 Å². The van der Waals surface area contributed by atoms with E-state index in [4.69, 9.17) is 16.3 Å². The summed E-state index contributed by atoms with van der Waals surface area (Å²) in [4.78, 5) is 15.6. The van der Waals surface area contributed by atoms with Gasteiger partial charge in [-0.1, -0.05) is 17.7 Å². The second-order valence-corrected chi connectivity index (χ2v) is 8.49. The van der Waals surface area contributed by atoms with E-state index in [0.717, 1.165) is 37.1 Å². The molecule has 0 fully saturated rings. The van der Waals surface area contributed by atoms with Crippen LogP contribution in [0, 0.1) is 11.6 Å². The van der Waals surface area contributed by atoms with Crippen molar-refractivity contribution in [1.82, 2.24) is 4.98 Å². The highest BCUT2D eigenvalue weighted by atomic mass is 35.5. The van der Waals surface area contributed by atoms with Gasteiger partial charge in [-0.25, -0.2) is 13.6 Å². The zero-order chi connectivity index (χ0) is 26.0. The summed E-state index contributed by atoms with van der Waals surface area (Å²) in [5.74, 6) is -2.37. The molecule has 4 rings (SSSR count). The average molecular weight is 524 g/mol. The first-order valence-electron chi connectivity index (χ1n) is 10.8. The Kier molecular flexibility index (Phi) is 7.31. The fourth-order valence-corrected chi connectivity index (χ4v) is 4.34. The Labute approximate surface area is 208 Å². The lowest BCUT2D eigenvalue weighted by Crippen LogP contribution is -2.17. The number of nitrogens with zero attached hydrogens (tertiary/aromatic N) is 1. The molecule has 1 aromatic heterocycles. The predicted octanol–water partition coefficient (Wildman–Crippen LogP) is 7.49. The van der Waals surface area contributed by atoms with Crippen LogP contribution in [0.2, 0.25) is 5.02 Å². The van der Waals surface area contributed by atoms with Crippen LogP contribution in [0.5, 0.6) is 5.75 Å². The molecule has 0 radical (unpaired) electrons. The molecule has 0 bridgehead atoms. The van der Waals surface area contributed by atoms with Gasteiger partial charge in [0.25, 0.3) is 0 Å². The number of halogens is 6. The number of benzene rings is 2. The lowest BCUT2D eigenvalue weighted by atomic mass is 9.96. The molecule has 0 amide bonds. The maximum atomic E-state index is 14.1. The summed E-state index contributed by atoms with van der Waals surface area (Å²) in [6.45, 7) is -0.385. The highest BCUT2D eigenvalue weighted by molar-refractivity contribution is 6.30. The van der Waals surface area contributed by atoms with Crippen molar-refractivity contribution >= 4 is 28.7 Å². The Balaban J connectivity index is 1.77. The number of pyridine rings is 1. The Hall–Kier alpha value is -3.46. The maximum Gasteiger partial charge on any atom is 0.434 e. The predicted molar refractivity (Wildman–Crippen MR) is 123 cm³/mol. The first-order chi connectivity index (χ1) is 17.1. The van der Waals surface area contributed by atoms with E-state index < -0.39 is 35.0 Å².